The first kappa shape index (κ1) is 23.3. The molecule has 156 valence electrons. The highest BCUT2D eigenvalue weighted by Gasteiger charge is 2.25. The van der Waals surface area contributed by atoms with Gasteiger partial charge in [0.25, 0.3) is 0 Å². The van der Waals surface area contributed by atoms with Gasteiger partial charge in [-0.2, -0.15) is 0 Å². The van der Waals surface area contributed by atoms with Gasteiger partial charge in [0.05, 0.1) is 10.2 Å². The van der Waals surface area contributed by atoms with E-state index >= 15 is 0 Å². The van der Waals surface area contributed by atoms with Crippen molar-refractivity contribution in [2.75, 3.05) is 13.2 Å². The molecule has 1 aliphatic rings. The zero-order valence-electron chi connectivity index (χ0n) is 16.3. The first-order valence-electron chi connectivity index (χ1n) is 9.00. The van der Waals surface area contributed by atoms with E-state index in [-0.39, 0.29) is 11.6 Å². The van der Waals surface area contributed by atoms with Gasteiger partial charge in [-0.25, -0.2) is 9.79 Å². The second-order valence-corrected chi connectivity index (χ2v) is 9.65. The first-order chi connectivity index (χ1) is 14.3. The van der Waals surface area contributed by atoms with E-state index in [4.69, 9.17) is 14.2 Å². The van der Waals surface area contributed by atoms with Gasteiger partial charge in [0.1, 0.15) is 6.61 Å². The van der Waals surface area contributed by atoms with Crippen molar-refractivity contribution < 1.29 is 19.0 Å². The molecule has 0 fully saturated rings. The summed E-state index contributed by atoms with van der Waals surface area (Å²) in [7, 11) is 0. The first-order valence-corrected chi connectivity index (χ1v) is 11.9. The highest BCUT2D eigenvalue weighted by atomic mass is 127. The normalized spacial score (nSPS) is 14.5. The summed E-state index contributed by atoms with van der Waals surface area (Å²) >= 11 is 7.89. The molecule has 0 atom stereocenters. The van der Waals surface area contributed by atoms with E-state index < -0.39 is 5.97 Å². The van der Waals surface area contributed by atoms with E-state index in [1.165, 1.54) is 0 Å². The van der Waals surface area contributed by atoms with E-state index in [1.54, 1.807) is 6.08 Å². The molecule has 0 N–H and O–H groups in total. The molecule has 3 rings (SSSR count). The van der Waals surface area contributed by atoms with Gasteiger partial charge in [0, 0.05) is 13.6 Å². The minimum Gasteiger partial charge on any atom is -0.490 e. The summed E-state index contributed by atoms with van der Waals surface area (Å²) in [6.07, 6.45) is 1.68. The van der Waals surface area contributed by atoms with E-state index in [9.17, 15) is 4.79 Å². The molecular formula is C22H18BrI2NO4. The number of aliphatic imine (C=N–C) groups is 1. The molecule has 0 saturated heterocycles. The number of hydrogen-bond donors (Lipinski definition) is 0. The average Bonchev–Trinajstić information content (AvgIpc) is 3.04. The molecule has 0 spiro atoms. The number of rotatable bonds is 7. The molecule has 0 amide bonds. The van der Waals surface area contributed by atoms with Crippen LogP contribution in [0.15, 0.2) is 57.6 Å². The van der Waals surface area contributed by atoms with Crippen LogP contribution in [0.2, 0.25) is 0 Å². The summed E-state index contributed by atoms with van der Waals surface area (Å²) < 4.78 is 19.8. The maximum atomic E-state index is 12.4. The van der Waals surface area contributed by atoms with Crippen LogP contribution in [0.25, 0.3) is 6.08 Å². The lowest BCUT2D eigenvalue weighted by Crippen LogP contribution is -2.05. The Morgan fingerprint density at radius 1 is 1.23 bits per heavy atom. The molecular weight excluding hydrogens is 676 g/mol. The largest absolute Gasteiger partial charge is 0.490 e. The van der Waals surface area contributed by atoms with Gasteiger partial charge in [-0.05, 0) is 123 Å². The van der Waals surface area contributed by atoms with Crippen LogP contribution in [0, 0.1) is 7.14 Å². The van der Waals surface area contributed by atoms with Gasteiger partial charge in [-0.1, -0.05) is 6.58 Å². The second kappa shape index (κ2) is 10.3. The molecule has 0 aromatic heterocycles. The lowest BCUT2D eigenvalue weighted by Gasteiger charge is -2.14. The maximum Gasteiger partial charge on any atom is 0.363 e. The summed E-state index contributed by atoms with van der Waals surface area (Å²) in [4.78, 5) is 16.8. The van der Waals surface area contributed by atoms with E-state index in [1.807, 2.05) is 44.2 Å². The Balaban J connectivity index is 1.94. The Morgan fingerprint density at radius 2 is 2.00 bits per heavy atom. The summed E-state index contributed by atoms with van der Waals surface area (Å²) in [5, 5.41) is 0. The number of cyclic esters (lactones) is 1. The molecule has 2 aromatic rings. The van der Waals surface area contributed by atoms with Gasteiger partial charge in [-0.3, -0.25) is 0 Å². The highest BCUT2D eigenvalue weighted by Crippen LogP contribution is 2.35. The second-order valence-electron chi connectivity index (χ2n) is 6.47. The third kappa shape index (κ3) is 5.64. The number of carbonyl (C=O) groups excluding carboxylic acids is 1. The van der Waals surface area contributed by atoms with Gasteiger partial charge in [-0.15, -0.1) is 0 Å². The van der Waals surface area contributed by atoms with Crippen molar-refractivity contribution in [3.63, 3.8) is 0 Å². The predicted octanol–water partition coefficient (Wildman–Crippen LogP) is 6.36. The molecule has 0 bridgehead atoms. The summed E-state index contributed by atoms with van der Waals surface area (Å²) in [6.45, 7) is 8.57. The number of ether oxygens (including phenoxy) is 3. The van der Waals surface area contributed by atoms with Crippen molar-refractivity contribution in [1.82, 2.24) is 0 Å². The molecule has 5 nitrogen and oxygen atoms in total. The molecule has 1 heterocycles. The minimum atomic E-state index is -0.491. The zero-order chi connectivity index (χ0) is 21.8. The van der Waals surface area contributed by atoms with Gasteiger partial charge in [0.2, 0.25) is 5.90 Å². The Kier molecular flexibility index (Phi) is 7.97. The predicted molar refractivity (Wildman–Crippen MR) is 138 cm³/mol. The number of hydrogen-bond acceptors (Lipinski definition) is 5. The summed E-state index contributed by atoms with van der Waals surface area (Å²) in [6, 6.07) is 9.41. The van der Waals surface area contributed by atoms with Crippen molar-refractivity contribution in [3.05, 3.63) is 70.9 Å². The van der Waals surface area contributed by atoms with Gasteiger partial charge < -0.3 is 14.2 Å². The van der Waals surface area contributed by atoms with Crippen molar-refractivity contribution in [1.29, 1.82) is 0 Å². The molecule has 0 radical (unpaired) electrons. The molecule has 30 heavy (non-hydrogen) atoms. The van der Waals surface area contributed by atoms with Crippen molar-refractivity contribution in [2.24, 2.45) is 4.99 Å². The summed E-state index contributed by atoms with van der Waals surface area (Å²) in [5.41, 5.74) is 2.64. The number of esters is 1. The Hall–Kier alpha value is -1.40. The third-order valence-corrected chi connectivity index (χ3v) is 7.02. The monoisotopic (exact) mass is 693 g/mol. The lowest BCUT2D eigenvalue weighted by molar-refractivity contribution is -0.129. The zero-order valence-corrected chi connectivity index (χ0v) is 22.2. The van der Waals surface area contributed by atoms with Crippen LogP contribution >= 0.6 is 61.1 Å². The summed E-state index contributed by atoms with van der Waals surface area (Å²) in [5.74, 6) is 1.05. The van der Waals surface area contributed by atoms with Crippen LogP contribution in [0.4, 0.5) is 0 Å². The lowest BCUT2D eigenvalue weighted by atomic mass is 10.1. The van der Waals surface area contributed by atoms with E-state index in [0.29, 0.717) is 24.7 Å². The van der Waals surface area contributed by atoms with Crippen LogP contribution in [0.1, 0.15) is 25.0 Å². The fraction of sp³-hybridized carbons (Fsp3) is 0.182. The van der Waals surface area contributed by atoms with Gasteiger partial charge in [0.15, 0.2) is 17.2 Å². The molecule has 0 aliphatic carbocycles. The number of benzene rings is 2. The average molecular weight is 694 g/mol. The molecule has 1 aliphatic heterocycles. The smallest absolute Gasteiger partial charge is 0.363 e. The fourth-order valence-electron chi connectivity index (χ4n) is 2.59. The Morgan fingerprint density at radius 3 is 2.67 bits per heavy atom. The number of carbonyl (C=O) groups is 1. The van der Waals surface area contributed by atoms with Crippen LogP contribution in [-0.2, 0) is 9.53 Å². The van der Waals surface area contributed by atoms with Crippen LogP contribution in [0.3, 0.4) is 0 Å². The van der Waals surface area contributed by atoms with E-state index in [0.717, 1.165) is 28.3 Å². The highest BCUT2D eigenvalue weighted by molar-refractivity contribution is 14.1. The van der Waals surface area contributed by atoms with Crippen molar-refractivity contribution in [2.45, 2.75) is 13.8 Å². The molecule has 0 unspecified atom stereocenters. The van der Waals surface area contributed by atoms with Crippen LogP contribution < -0.4 is 9.47 Å². The number of halogens is 3. The Bertz CT molecular complexity index is 1080. The molecule has 8 heteroatoms. The third-order valence-electron chi connectivity index (χ3n) is 3.89. The minimum absolute atomic E-state index is 0.230. The molecule has 2 aromatic carbocycles. The van der Waals surface area contributed by atoms with E-state index in [2.05, 4.69) is 72.7 Å². The molecule has 0 saturated carbocycles. The SMILES string of the molecule is C=C(C)COc1c(I)cc(/C=C2\N=C(c3ccc(I)c(Br)c3)OC2=O)cc1OCC. The Labute approximate surface area is 211 Å². The standard InChI is InChI=1S/C22H18BrI2NO4/c1-4-28-19-9-13(7-17(25)20(19)29-11-12(2)3)8-18-22(27)30-21(26-18)14-5-6-16(24)15(23)10-14/h5-10H,2,4,11H2,1,3H3/b18-8-. The topological polar surface area (TPSA) is 57.1 Å². The van der Waals surface area contributed by atoms with Crippen LogP contribution in [0.5, 0.6) is 11.5 Å². The van der Waals surface area contributed by atoms with Crippen LogP contribution in [-0.4, -0.2) is 25.1 Å². The maximum absolute atomic E-state index is 12.4. The fourth-order valence-corrected chi connectivity index (χ4v) is 4.08. The van der Waals surface area contributed by atoms with Crippen molar-refractivity contribution >= 4 is 79.1 Å². The number of nitrogens with zero attached hydrogens (tertiary/aromatic N) is 1. The van der Waals surface area contributed by atoms with Crippen molar-refractivity contribution in [3.8, 4) is 11.5 Å². The quantitative estimate of drug-likeness (QED) is 0.147. The van der Waals surface area contributed by atoms with Gasteiger partial charge >= 0.3 is 5.97 Å².